The van der Waals surface area contributed by atoms with Gasteiger partial charge in [-0.25, -0.2) is 0 Å². The molecule has 3 nitrogen and oxygen atoms in total. The van der Waals surface area contributed by atoms with E-state index in [1.165, 1.54) is 45.2 Å². The zero-order chi connectivity index (χ0) is 15.5. The van der Waals surface area contributed by atoms with Crippen molar-refractivity contribution < 1.29 is 5.11 Å². The van der Waals surface area contributed by atoms with Gasteiger partial charge in [0.15, 0.2) is 0 Å². The van der Waals surface area contributed by atoms with Gasteiger partial charge >= 0.3 is 0 Å². The smallest absolute Gasteiger partial charge is 0.0552 e. The van der Waals surface area contributed by atoms with Gasteiger partial charge in [0.2, 0.25) is 0 Å². The molecule has 0 amide bonds. The van der Waals surface area contributed by atoms with Crippen LogP contribution >= 0.6 is 0 Å². The Morgan fingerprint density at radius 1 is 1.33 bits per heavy atom. The minimum Gasteiger partial charge on any atom is -0.393 e. The largest absolute Gasteiger partial charge is 0.393 e. The van der Waals surface area contributed by atoms with Gasteiger partial charge in [0.25, 0.3) is 0 Å². The molecule has 0 aromatic rings. The van der Waals surface area contributed by atoms with Crippen LogP contribution in [0.5, 0.6) is 0 Å². The fourth-order valence-corrected chi connectivity index (χ4v) is 4.47. The van der Waals surface area contributed by atoms with Crippen molar-refractivity contribution in [3.8, 4) is 0 Å². The van der Waals surface area contributed by atoms with Crippen molar-refractivity contribution in [1.82, 2.24) is 10.2 Å². The third-order valence-electron chi connectivity index (χ3n) is 5.81. The molecule has 1 saturated heterocycles. The van der Waals surface area contributed by atoms with Crippen molar-refractivity contribution >= 4 is 0 Å². The molecule has 2 aliphatic rings. The lowest BCUT2D eigenvalue weighted by molar-refractivity contribution is 0.0791. The molecule has 0 spiro atoms. The fraction of sp³-hybridized carbons (Fsp3) is 1.00. The number of aliphatic hydroxyl groups excluding tert-OH is 1. The predicted octanol–water partition coefficient (Wildman–Crippen LogP) is 2.88. The number of rotatable bonds is 6. The lowest BCUT2D eigenvalue weighted by atomic mass is 9.67. The van der Waals surface area contributed by atoms with Crippen molar-refractivity contribution in [3.63, 3.8) is 0 Å². The van der Waals surface area contributed by atoms with Crippen LogP contribution in [0.1, 0.15) is 59.8 Å². The lowest BCUT2D eigenvalue weighted by Crippen LogP contribution is -2.52. The van der Waals surface area contributed by atoms with Crippen molar-refractivity contribution in [2.75, 3.05) is 26.2 Å². The highest BCUT2D eigenvalue weighted by molar-refractivity contribution is 4.95. The highest BCUT2D eigenvalue weighted by Gasteiger charge is 2.40. The van der Waals surface area contributed by atoms with Gasteiger partial charge in [-0.2, -0.15) is 0 Å². The van der Waals surface area contributed by atoms with E-state index in [1.807, 2.05) is 6.92 Å². The first-order chi connectivity index (χ1) is 9.94. The van der Waals surface area contributed by atoms with Gasteiger partial charge in [-0.1, -0.05) is 27.2 Å². The Kier molecular flexibility index (Phi) is 6.10. The number of aliphatic hydroxyl groups is 1. The molecule has 0 bridgehead atoms. The molecule has 0 aromatic heterocycles. The topological polar surface area (TPSA) is 35.5 Å². The van der Waals surface area contributed by atoms with E-state index in [4.69, 9.17) is 0 Å². The maximum atomic E-state index is 9.79. The average molecular weight is 296 g/mol. The normalized spacial score (nSPS) is 35.0. The summed E-state index contributed by atoms with van der Waals surface area (Å²) in [6.45, 7) is 13.7. The highest BCUT2D eigenvalue weighted by Crippen LogP contribution is 2.39. The number of hydrogen-bond acceptors (Lipinski definition) is 3. The molecule has 1 saturated carbocycles. The molecule has 0 aromatic carbocycles. The van der Waals surface area contributed by atoms with E-state index in [0.717, 1.165) is 19.0 Å². The van der Waals surface area contributed by atoms with Gasteiger partial charge in [0.05, 0.1) is 6.10 Å². The van der Waals surface area contributed by atoms with E-state index in [1.54, 1.807) is 0 Å². The maximum Gasteiger partial charge on any atom is 0.0552 e. The molecule has 2 fully saturated rings. The van der Waals surface area contributed by atoms with Crippen molar-refractivity contribution in [1.29, 1.82) is 0 Å². The van der Waals surface area contributed by atoms with E-state index in [-0.39, 0.29) is 6.10 Å². The molecule has 1 aliphatic heterocycles. The zero-order valence-corrected chi connectivity index (χ0v) is 14.6. The van der Waals surface area contributed by atoms with Crippen molar-refractivity contribution in [3.05, 3.63) is 0 Å². The second kappa shape index (κ2) is 7.43. The average Bonchev–Trinajstić information content (AvgIpc) is 2.86. The first-order valence-corrected chi connectivity index (χ1v) is 9.08. The summed E-state index contributed by atoms with van der Waals surface area (Å²) in [5, 5.41) is 13.6. The summed E-state index contributed by atoms with van der Waals surface area (Å²) in [5.41, 5.74) is 0.418. The Balaban J connectivity index is 1.93. The third kappa shape index (κ3) is 4.43. The standard InChI is InChI=1S/C18H36N2O/c1-5-10-19-17-16(7-6-9-18(17,3)4)13-20-11-8-15(12-20)14(2)21/h14-17,19,21H,5-13H2,1-4H3. The maximum absolute atomic E-state index is 9.79. The molecule has 21 heavy (non-hydrogen) atoms. The van der Waals surface area contributed by atoms with Gasteiger partial charge in [0.1, 0.15) is 0 Å². The molecular formula is C18H36N2O. The van der Waals surface area contributed by atoms with E-state index in [2.05, 4.69) is 31.0 Å². The van der Waals surface area contributed by atoms with Crippen LogP contribution in [0.15, 0.2) is 0 Å². The Morgan fingerprint density at radius 2 is 2.10 bits per heavy atom. The Morgan fingerprint density at radius 3 is 2.71 bits per heavy atom. The number of hydrogen-bond donors (Lipinski definition) is 2. The van der Waals surface area contributed by atoms with Crippen LogP contribution in [0.4, 0.5) is 0 Å². The first-order valence-electron chi connectivity index (χ1n) is 9.08. The molecule has 1 aliphatic carbocycles. The number of nitrogens with zero attached hydrogens (tertiary/aromatic N) is 1. The number of nitrogens with one attached hydrogen (secondary N) is 1. The van der Waals surface area contributed by atoms with E-state index in [0.29, 0.717) is 17.4 Å². The third-order valence-corrected chi connectivity index (χ3v) is 5.81. The highest BCUT2D eigenvalue weighted by atomic mass is 16.3. The SMILES string of the molecule is CCCNC1C(CN2CCC(C(C)O)C2)CCCC1(C)C. The summed E-state index contributed by atoms with van der Waals surface area (Å²) in [4.78, 5) is 2.60. The lowest BCUT2D eigenvalue weighted by Gasteiger charge is -2.46. The van der Waals surface area contributed by atoms with E-state index in [9.17, 15) is 5.11 Å². The van der Waals surface area contributed by atoms with Crippen LogP contribution in [-0.4, -0.2) is 48.3 Å². The van der Waals surface area contributed by atoms with Crippen molar-refractivity contribution in [2.24, 2.45) is 17.3 Å². The Hall–Kier alpha value is -0.120. The fourth-order valence-electron chi connectivity index (χ4n) is 4.47. The monoisotopic (exact) mass is 296 g/mol. The van der Waals surface area contributed by atoms with Crippen LogP contribution in [-0.2, 0) is 0 Å². The molecule has 3 heteroatoms. The zero-order valence-electron chi connectivity index (χ0n) is 14.6. The van der Waals surface area contributed by atoms with Crippen LogP contribution in [0.3, 0.4) is 0 Å². The van der Waals surface area contributed by atoms with Gasteiger partial charge in [-0.15, -0.1) is 0 Å². The molecule has 124 valence electrons. The summed E-state index contributed by atoms with van der Waals surface area (Å²) in [7, 11) is 0. The second-order valence-electron chi connectivity index (χ2n) is 8.12. The predicted molar refractivity (Wildman–Crippen MR) is 89.4 cm³/mol. The van der Waals surface area contributed by atoms with Crippen LogP contribution in [0.25, 0.3) is 0 Å². The van der Waals surface area contributed by atoms with Crippen LogP contribution in [0.2, 0.25) is 0 Å². The minimum atomic E-state index is -0.146. The van der Waals surface area contributed by atoms with E-state index >= 15 is 0 Å². The van der Waals surface area contributed by atoms with Crippen LogP contribution < -0.4 is 5.32 Å². The summed E-state index contributed by atoms with van der Waals surface area (Å²) in [6, 6.07) is 0.650. The molecule has 0 radical (unpaired) electrons. The van der Waals surface area contributed by atoms with Gasteiger partial charge in [-0.3, -0.25) is 0 Å². The molecule has 1 heterocycles. The quantitative estimate of drug-likeness (QED) is 0.791. The first kappa shape index (κ1) is 17.2. The summed E-state index contributed by atoms with van der Waals surface area (Å²) < 4.78 is 0. The second-order valence-corrected chi connectivity index (χ2v) is 8.12. The summed E-state index contributed by atoms with van der Waals surface area (Å²) >= 11 is 0. The molecule has 2 N–H and O–H groups in total. The van der Waals surface area contributed by atoms with Gasteiger partial charge in [-0.05, 0) is 62.9 Å². The van der Waals surface area contributed by atoms with E-state index < -0.39 is 0 Å². The minimum absolute atomic E-state index is 0.146. The molecule has 4 unspecified atom stereocenters. The number of likely N-dealkylation sites (tertiary alicyclic amines) is 1. The Labute approximate surface area is 131 Å². The molecular weight excluding hydrogens is 260 g/mol. The molecule has 4 atom stereocenters. The Bertz CT molecular complexity index is 316. The van der Waals surface area contributed by atoms with Crippen LogP contribution in [0, 0.1) is 17.3 Å². The summed E-state index contributed by atoms with van der Waals surface area (Å²) in [6.07, 6.45) is 6.32. The van der Waals surface area contributed by atoms with Gasteiger partial charge in [0, 0.05) is 19.1 Å². The summed E-state index contributed by atoms with van der Waals surface area (Å²) in [5.74, 6) is 1.26. The van der Waals surface area contributed by atoms with Gasteiger partial charge < -0.3 is 15.3 Å². The molecule has 2 rings (SSSR count). The van der Waals surface area contributed by atoms with Crippen molar-refractivity contribution in [2.45, 2.75) is 71.9 Å².